The van der Waals surface area contributed by atoms with E-state index in [-0.39, 0.29) is 0 Å². The van der Waals surface area contributed by atoms with E-state index in [9.17, 15) is 4.79 Å². The summed E-state index contributed by atoms with van der Waals surface area (Å²) in [6.45, 7) is 2.36. The van der Waals surface area contributed by atoms with Crippen LogP contribution in [0.25, 0.3) is 0 Å². The van der Waals surface area contributed by atoms with Gasteiger partial charge in [0.25, 0.3) is 0 Å². The molecule has 0 aromatic rings. The van der Waals surface area contributed by atoms with E-state index in [2.05, 4.69) is 4.90 Å². The van der Waals surface area contributed by atoms with E-state index in [1.807, 2.05) is 7.05 Å². The normalized spacial score (nSPS) is 11.3. The van der Waals surface area contributed by atoms with Gasteiger partial charge >= 0.3 is 5.97 Å². The lowest BCUT2D eigenvalue weighted by Gasteiger charge is -2.12. The predicted octanol–water partition coefficient (Wildman–Crippen LogP) is 0.298. The summed E-state index contributed by atoms with van der Waals surface area (Å²) in [4.78, 5) is 12.2. The van der Waals surface area contributed by atoms with Crippen molar-refractivity contribution < 1.29 is 9.90 Å². The van der Waals surface area contributed by atoms with E-state index in [4.69, 9.17) is 10.8 Å². The van der Waals surface area contributed by atoms with Gasteiger partial charge in [-0.3, -0.25) is 0 Å². The van der Waals surface area contributed by atoms with Crippen LogP contribution < -0.4 is 5.73 Å². The van der Waals surface area contributed by atoms with E-state index in [1.54, 1.807) is 6.08 Å². The van der Waals surface area contributed by atoms with E-state index in [0.29, 0.717) is 6.54 Å². The Morgan fingerprint density at radius 2 is 2.23 bits per heavy atom. The molecule has 0 atom stereocenters. The first-order chi connectivity index (χ1) is 6.16. The maximum Gasteiger partial charge on any atom is 0.328 e. The van der Waals surface area contributed by atoms with Crippen molar-refractivity contribution in [3.05, 3.63) is 12.2 Å². The monoisotopic (exact) mass is 186 g/mol. The van der Waals surface area contributed by atoms with Crippen LogP contribution in [0.15, 0.2) is 12.2 Å². The number of carboxylic acid groups (broad SMARTS) is 1. The fourth-order valence-corrected chi connectivity index (χ4v) is 0.951. The first kappa shape index (κ1) is 12.1. The van der Waals surface area contributed by atoms with Gasteiger partial charge in [-0.25, -0.2) is 4.79 Å². The molecule has 0 aliphatic carbocycles. The molecule has 13 heavy (non-hydrogen) atoms. The third-order valence-electron chi connectivity index (χ3n) is 1.67. The van der Waals surface area contributed by atoms with Crippen LogP contribution in [-0.4, -0.2) is 42.7 Å². The lowest BCUT2D eigenvalue weighted by atomic mass is 10.3. The van der Waals surface area contributed by atoms with Crippen LogP contribution in [0, 0.1) is 0 Å². The van der Waals surface area contributed by atoms with E-state index in [1.165, 1.54) is 6.08 Å². The molecular weight excluding hydrogens is 168 g/mol. The molecule has 0 aromatic heterocycles. The summed E-state index contributed by atoms with van der Waals surface area (Å²) in [6.07, 6.45) is 4.89. The molecule has 0 heterocycles. The van der Waals surface area contributed by atoms with Crippen LogP contribution in [0.2, 0.25) is 0 Å². The van der Waals surface area contributed by atoms with Gasteiger partial charge in [-0.1, -0.05) is 6.08 Å². The van der Waals surface area contributed by atoms with Crippen LogP contribution in [0.1, 0.15) is 12.8 Å². The standard InChI is InChI=1S/C9H18N2O2/c1-11(7-3-2-6-10)8-4-5-9(12)13/h4-5H,2-3,6-8,10H2,1H3,(H,12,13). The molecule has 0 aromatic carbocycles. The summed E-state index contributed by atoms with van der Waals surface area (Å²) in [5, 5.41) is 8.32. The topological polar surface area (TPSA) is 66.6 Å². The van der Waals surface area contributed by atoms with E-state index in [0.717, 1.165) is 25.9 Å². The van der Waals surface area contributed by atoms with Crippen LogP contribution in [-0.2, 0) is 4.79 Å². The van der Waals surface area contributed by atoms with Crippen LogP contribution in [0.3, 0.4) is 0 Å². The van der Waals surface area contributed by atoms with Crippen LogP contribution in [0.5, 0.6) is 0 Å². The molecule has 0 saturated carbocycles. The zero-order chi connectivity index (χ0) is 10.1. The Labute approximate surface area is 79.0 Å². The highest BCUT2D eigenvalue weighted by atomic mass is 16.4. The Morgan fingerprint density at radius 3 is 2.77 bits per heavy atom. The minimum Gasteiger partial charge on any atom is -0.478 e. The van der Waals surface area contributed by atoms with Gasteiger partial charge in [0.2, 0.25) is 0 Å². The summed E-state index contributed by atoms with van der Waals surface area (Å²) in [5.74, 6) is -0.893. The number of hydrogen-bond acceptors (Lipinski definition) is 3. The number of aliphatic carboxylic acids is 1. The van der Waals surface area contributed by atoms with Gasteiger partial charge in [0, 0.05) is 12.6 Å². The third-order valence-corrected chi connectivity index (χ3v) is 1.67. The maximum absolute atomic E-state index is 10.1. The van der Waals surface area contributed by atoms with Gasteiger partial charge in [0.1, 0.15) is 0 Å². The molecule has 0 radical (unpaired) electrons. The van der Waals surface area contributed by atoms with Crippen molar-refractivity contribution in [3.63, 3.8) is 0 Å². The number of carbonyl (C=O) groups is 1. The van der Waals surface area contributed by atoms with Crippen LogP contribution >= 0.6 is 0 Å². The zero-order valence-electron chi connectivity index (χ0n) is 8.07. The molecule has 0 fully saturated rings. The molecule has 0 amide bonds. The Kier molecular flexibility index (Phi) is 7.24. The molecule has 0 aliphatic rings. The summed E-state index contributed by atoms with van der Waals surface area (Å²) in [7, 11) is 1.96. The maximum atomic E-state index is 10.1. The van der Waals surface area contributed by atoms with Crippen molar-refractivity contribution in [3.8, 4) is 0 Å². The second kappa shape index (κ2) is 7.76. The molecule has 76 valence electrons. The summed E-state index contributed by atoms with van der Waals surface area (Å²) in [5.41, 5.74) is 5.34. The van der Waals surface area contributed by atoms with Crippen molar-refractivity contribution >= 4 is 5.97 Å². The molecule has 0 unspecified atom stereocenters. The fourth-order valence-electron chi connectivity index (χ4n) is 0.951. The number of unbranched alkanes of at least 4 members (excludes halogenated alkanes) is 1. The van der Waals surface area contributed by atoms with Gasteiger partial charge in [-0.05, 0) is 33.0 Å². The van der Waals surface area contributed by atoms with E-state index < -0.39 is 5.97 Å². The third kappa shape index (κ3) is 9.04. The van der Waals surface area contributed by atoms with Crippen molar-refractivity contribution in [2.45, 2.75) is 12.8 Å². The fraction of sp³-hybridized carbons (Fsp3) is 0.667. The Balaban J connectivity index is 3.39. The highest BCUT2D eigenvalue weighted by molar-refractivity contribution is 5.79. The number of rotatable bonds is 7. The SMILES string of the molecule is CN(CC=CC(=O)O)CCCCN. The summed E-state index contributed by atoms with van der Waals surface area (Å²) in [6, 6.07) is 0. The molecular formula is C9H18N2O2. The quantitative estimate of drug-likeness (QED) is 0.443. The number of carboxylic acids is 1. The molecule has 0 spiro atoms. The van der Waals surface area contributed by atoms with Gasteiger partial charge in [-0.15, -0.1) is 0 Å². The Morgan fingerprint density at radius 1 is 1.54 bits per heavy atom. The van der Waals surface area contributed by atoms with Crippen molar-refractivity contribution in [1.29, 1.82) is 0 Å². The first-order valence-electron chi connectivity index (χ1n) is 4.45. The van der Waals surface area contributed by atoms with Crippen LogP contribution in [0.4, 0.5) is 0 Å². The van der Waals surface area contributed by atoms with E-state index >= 15 is 0 Å². The molecule has 3 N–H and O–H groups in total. The predicted molar refractivity (Wildman–Crippen MR) is 52.6 cm³/mol. The molecule has 4 heteroatoms. The van der Waals surface area contributed by atoms with Gasteiger partial charge in [-0.2, -0.15) is 0 Å². The number of nitrogens with zero attached hydrogens (tertiary/aromatic N) is 1. The lowest BCUT2D eigenvalue weighted by molar-refractivity contribution is -0.131. The van der Waals surface area contributed by atoms with Gasteiger partial charge < -0.3 is 15.7 Å². The number of likely N-dealkylation sites (N-methyl/N-ethyl adjacent to an activating group) is 1. The molecule has 0 rings (SSSR count). The second-order valence-electron chi connectivity index (χ2n) is 3.00. The number of hydrogen-bond donors (Lipinski definition) is 2. The Bertz CT molecular complexity index is 169. The average Bonchev–Trinajstić information content (AvgIpc) is 2.04. The second-order valence-corrected chi connectivity index (χ2v) is 3.00. The smallest absolute Gasteiger partial charge is 0.328 e. The minimum atomic E-state index is -0.893. The van der Waals surface area contributed by atoms with Gasteiger partial charge in [0.05, 0.1) is 0 Å². The average molecular weight is 186 g/mol. The van der Waals surface area contributed by atoms with Gasteiger partial charge in [0.15, 0.2) is 0 Å². The minimum absolute atomic E-state index is 0.677. The van der Waals surface area contributed by atoms with Crippen molar-refractivity contribution in [2.24, 2.45) is 5.73 Å². The molecule has 0 aliphatic heterocycles. The highest BCUT2D eigenvalue weighted by Crippen LogP contribution is 1.91. The van der Waals surface area contributed by atoms with Crippen molar-refractivity contribution in [2.75, 3.05) is 26.7 Å². The lowest BCUT2D eigenvalue weighted by Crippen LogP contribution is -2.20. The number of nitrogens with two attached hydrogens (primary N) is 1. The van der Waals surface area contributed by atoms with Crippen molar-refractivity contribution in [1.82, 2.24) is 4.90 Å². The Hall–Kier alpha value is -0.870. The summed E-state index contributed by atoms with van der Waals surface area (Å²) < 4.78 is 0. The zero-order valence-corrected chi connectivity index (χ0v) is 8.07. The molecule has 0 bridgehead atoms. The highest BCUT2D eigenvalue weighted by Gasteiger charge is 1.94. The molecule has 4 nitrogen and oxygen atoms in total. The summed E-state index contributed by atoms with van der Waals surface area (Å²) >= 11 is 0. The molecule has 0 saturated heterocycles. The first-order valence-corrected chi connectivity index (χ1v) is 4.45. The largest absolute Gasteiger partial charge is 0.478 e.